The number of nitrogens with zero attached hydrogens (tertiary/aromatic N) is 1. The van der Waals surface area contributed by atoms with Gasteiger partial charge in [-0.2, -0.15) is 0 Å². The van der Waals surface area contributed by atoms with Crippen LogP contribution in [0.1, 0.15) is 64.2 Å². The van der Waals surface area contributed by atoms with Gasteiger partial charge in [-0.15, -0.1) is 0 Å². The summed E-state index contributed by atoms with van der Waals surface area (Å²) < 4.78 is 13.1. The highest BCUT2D eigenvalue weighted by Gasteiger charge is 2.33. The van der Waals surface area contributed by atoms with Gasteiger partial charge in [0.1, 0.15) is 5.82 Å². The van der Waals surface area contributed by atoms with E-state index in [-0.39, 0.29) is 34.5 Å². The van der Waals surface area contributed by atoms with Crippen molar-refractivity contribution in [2.75, 3.05) is 13.1 Å². The van der Waals surface area contributed by atoms with E-state index in [1.165, 1.54) is 24.3 Å². The quantitative estimate of drug-likeness (QED) is 0.880. The van der Waals surface area contributed by atoms with E-state index in [0.717, 1.165) is 19.3 Å². The molecule has 1 N–H and O–H groups in total. The van der Waals surface area contributed by atoms with Crippen molar-refractivity contribution >= 4 is 11.8 Å². The largest absolute Gasteiger partial charge is 0.351 e. The number of benzene rings is 1. The Bertz CT molecular complexity index is 647. The summed E-state index contributed by atoms with van der Waals surface area (Å²) in [4.78, 5) is 27.1. The van der Waals surface area contributed by atoms with Crippen LogP contribution in [-0.2, 0) is 4.79 Å². The predicted octanol–water partition coefficient (Wildman–Crippen LogP) is 4.01. The number of piperidine rings is 1. The molecule has 144 valence electrons. The van der Waals surface area contributed by atoms with E-state index in [1.54, 1.807) is 4.90 Å². The molecule has 0 spiro atoms. The molecule has 0 saturated carbocycles. The van der Waals surface area contributed by atoms with Gasteiger partial charge >= 0.3 is 0 Å². The molecule has 1 fully saturated rings. The molecule has 0 bridgehead atoms. The van der Waals surface area contributed by atoms with E-state index in [4.69, 9.17) is 0 Å². The van der Waals surface area contributed by atoms with Crippen LogP contribution in [0, 0.1) is 17.2 Å². The molecule has 0 radical (unpaired) electrons. The molecule has 1 aliphatic rings. The number of hydrogen-bond acceptors (Lipinski definition) is 2. The lowest BCUT2D eigenvalue weighted by atomic mass is 9.81. The average Bonchev–Trinajstić information content (AvgIpc) is 2.52. The topological polar surface area (TPSA) is 49.4 Å². The normalized spacial score (nSPS) is 18.5. The van der Waals surface area contributed by atoms with Gasteiger partial charge in [-0.05, 0) is 62.8 Å². The van der Waals surface area contributed by atoms with Gasteiger partial charge in [0.2, 0.25) is 5.91 Å². The number of carbonyl (C=O) groups excluding carboxylic acids is 2. The summed E-state index contributed by atoms with van der Waals surface area (Å²) in [5.41, 5.74) is 0.285. The summed E-state index contributed by atoms with van der Waals surface area (Å²) >= 11 is 0. The summed E-state index contributed by atoms with van der Waals surface area (Å²) in [7, 11) is 0. The van der Waals surface area contributed by atoms with Crippen LogP contribution in [0.15, 0.2) is 24.3 Å². The van der Waals surface area contributed by atoms with Crippen LogP contribution < -0.4 is 5.32 Å². The molecule has 1 atom stereocenters. The van der Waals surface area contributed by atoms with Gasteiger partial charge in [0, 0.05) is 24.2 Å². The van der Waals surface area contributed by atoms with Crippen LogP contribution in [0.4, 0.5) is 4.39 Å². The molecule has 1 heterocycles. The van der Waals surface area contributed by atoms with Crippen molar-refractivity contribution in [2.24, 2.45) is 11.3 Å². The number of hydrogen-bond donors (Lipinski definition) is 1. The molecular formula is C21H31FN2O2. The first-order chi connectivity index (χ1) is 12.0. The van der Waals surface area contributed by atoms with E-state index in [1.807, 2.05) is 13.8 Å². The summed E-state index contributed by atoms with van der Waals surface area (Å²) in [6.45, 7) is 11.6. The van der Waals surface area contributed by atoms with Crippen molar-refractivity contribution in [3.8, 4) is 0 Å². The van der Waals surface area contributed by atoms with Crippen LogP contribution in [0.25, 0.3) is 0 Å². The van der Waals surface area contributed by atoms with Gasteiger partial charge in [-0.25, -0.2) is 4.39 Å². The van der Waals surface area contributed by atoms with Crippen LogP contribution in [0.3, 0.4) is 0 Å². The fraction of sp³-hybridized carbons (Fsp3) is 0.619. The van der Waals surface area contributed by atoms with Crippen molar-refractivity contribution in [3.63, 3.8) is 0 Å². The molecule has 1 aliphatic heterocycles. The molecule has 5 heteroatoms. The van der Waals surface area contributed by atoms with Gasteiger partial charge in [-0.3, -0.25) is 9.59 Å². The Morgan fingerprint density at radius 3 is 2.35 bits per heavy atom. The standard InChI is InChI=1S/C21H31FN2O2/c1-20(2,3)14-21(4,5)23-18(25)16-7-6-12-24(13-16)19(26)15-8-10-17(22)11-9-15/h8-11,16H,6-7,12-14H2,1-5H3,(H,23,25)/t16-/m0/s1. The van der Waals surface area contributed by atoms with Crippen molar-refractivity contribution in [2.45, 2.75) is 59.4 Å². The Morgan fingerprint density at radius 1 is 1.15 bits per heavy atom. The molecule has 0 aromatic heterocycles. The molecule has 4 nitrogen and oxygen atoms in total. The fourth-order valence-corrected chi connectivity index (χ4v) is 3.96. The molecular weight excluding hydrogens is 331 g/mol. The lowest BCUT2D eigenvalue weighted by molar-refractivity contribution is -0.128. The smallest absolute Gasteiger partial charge is 0.253 e. The number of amides is 2. The second-order valence-electron chi connectivity index (χ2n) is 9.21. The maximum Gasteiger partial charge on any atom is 0.253 e. The second-order valence-corrected chi connectivity index (χ2v) is 9.21. The lowest BCUT2D eigenvalue weighted by Crippen LogP contribution is -2.52. The summed E-state index contributed by atoms with van der Waals surface area (Å²) in [5, 5.41) is 3.16. The highest BCUT2D eigenvalue weighted by atomic mass is 19.1. The van der Waals surface area contributed by atoms with E-state index in [9.17, 15) is 14.0 Å². The molecule has 0 aliphatic carbocycles. The second kappa shape index (κ2) is 7.77. The third-order valence-corrected chi connectivity index (χ3v) is 4.60. The first-order valence-electron chi connectivity index (χ1n) is 9.34. The van der Waals surface area contributed by atoms with E-state index in [2.05, 4.69) is 26.1 Å². The van der Waals surface area contributed by atoms with Gasteiger partial charge in [-0.1, -0.05) is 20.8 Å². The van der Waals surface area contributed by atoms with E-state index >= 15 is 0 Å². The van der Waals surface area contributed by atoms with Crippen LogP contribution in [-0.4, -0.2) is 35.3 Å². The van der Waals surface area contributed by atoms with Crippen LogP contribution in [0.2, 0.25) is 0 Å². The molecule has 1 aromatic rings. The predicted molar refractivity (Wildman–Crippen MR) is 101 cm³/mol. The third kappa shape index (κ3) is 5.82. The first-order valence-corrected chi connectivity index (χ1v) is 9.34. The van der Waals surface area contributed by atoms with Crippen molar-refractivity contribution < 1.29 is 14.0 Å². The summed E-state index contributed by atoms with van der Waals surface area (Å²) in [6.07, 6.45) is 2.45. The van der Waals surface area contributed by atoms with Crippen LogP contribution >= 0.6 is 0 Å². The molecule has 1 saturated heterocycles. The van der Waals surface area contributed by atoms with Crippen LogP contribution in [0.5, 0.6) is 0 Å². The maximum absolute atomic E-state index is 13.1. The minimum Gasteiger partial charge on any atom is -0.351 e. The fourth-order valence-electron chi connectivity index (χ4n) is 3.96. The maximum atomic E-state index is 13.1. The monoisotopic (exact) mass is 362 g/mol. The number of carbonyl (C=O) groups is 2. The highest BCUT2D eigenvalue weighted by molar-refractivity contribution is 5.94. The zero-order valence-corrected chi connectivity index (χ0v) is 16.6. The molecule has 1 aromatic carbocycles. The van der Waals surface area contributed by atoms with E-state index < -0.39 is 0 Å². The highest BCUT2D eigenvalue weighted by Crippen LogP contribution is 2.28. The Morgan fingerprint density at radius 2 is 1.77 bits per heavy atom. The Hall–Kier alpha value is -1.91. The zero-order chi connectivity index (χ0) is 19.5. The number of rotatable bonds is 4. The Balaban J connectivity index is 1.99. The van der Waals surface area contributed by atoms with E-state index in [0.29, 0.717) is 18.7 Å². The number of halogens is 1. The average molecular weight is 362 g/mol. The first kappa shape index (κ1) is 20.4. The Kier molecular flexibility index (Phi) is 6.09. The van der Waals surface area contributed by atoms with Gasteiger partial charge in [0.15, 0.2) is 0 Å². The van der Waals surface area contributed by atoms with Crippen molar-refractivity contribution in [3.05, 3.63) is 35.6 Å². The molecule has 2 rings (SSSR count). The number of nitrogens with one attached hydrogen (secondary N) is 1. The third-order valence-electron chi connectivity index (χ3n) is 4.60. The van der Waals surface area contributed by atoms with Gasteiger partial charge in [0.05, 0.1) is 5.92 Å². The number of likely N-dealkylation sites (tertiary alicyclic amines) is 1. The Labute approximate surface area is 156 Å². The summed E-state index contributed by atoms with van der Waals surface area (Å²) in [5.74, 6) is -0.696. The zero-order valence-electron chi connectivity index (χ0n) is 16.6. The minimum absolute atomic E-state index is 0.0101. The minimum atomic E-state index is -0.362. The van der Waals surface area contributed by atoms with Gasteiger partial charge < -0.3 is 10.2 Å². The summed E-state index contributed by atoms with van der Waals surface area (Å²) in [6, 6.07) is 5.56. The van der Waals surface area contributed by atoms with Crippen molar-refractivity contribution in [1.82, 2.24) is 10.2 Å². The molecule has 0 unspecified atom stereocenters. The van der Waals surface area contributed by atoms with Gasteiger partial charge in [0.25, 0.3) is 5.91 Å². The SMILES string of the molecule is CC(C)(C)CC(C)(C)NC(=O)[C@H]1CCCN(C(=O)c2ccc(F)cc2)C1. The lowest BCUT2D eigenvalue weighted by Gasteiger charge is -2.37. The molecule has 26 heavy (non-hydrogen) atoms. The van der Waals surface area contributed by atoms with Crippen molar-refractivity contribution in [1.29, 1.82) is 0 Å². The molecule has 2 amide bonds.